The Morgan fingerprint density at radius 2 is 1.50 bits per heavy atom. The Hall–Kier alpha value is -2.68. The molecular weight excluding hydrogens is 292 g/mol. The van der Waals surface area contributed by atoms with Crippen LogP contribution < -0.4 is 11.5 Å². The third kappa shape index (κ3) is 2.46. The second-order valence-corrected chi connectivity index (χ2v) is 6.12. The van der Waals surface area contributed by atoms with Crippen LogP contribution in [-0.4, -0.2) is 6.54 Å². The highest BCUT2D eigenvalue weighted by molar-refractivity contribution is 6.13. The molecule has 24 heavy (non-hydrogen) atoms. The van der Waals surface area contributed by atoms with E-state index in [9.17, 15) is 0 Å². The molecule has 2 nitrogen and oxygen atoms in total. The lowest BCUT2D eigenvalue weighted by molar-refractivity contribution is 0.917. The molecule has 4 rings (SSSR count). The average Bonchev–Trinajstić information content (AvgIpc) is 2.63. The molecule has 0 spiro atoms. The van der Waals surface area contributed by atoms with E-state index < -0.39 is 0 Å². The number of nitrogens with two attached hydrogens (primary N) is 2. The molecule has 1 unspecified atom stereocenters. The van der Waals surface area contributed by atoms with Crippen molar-refractivity contribution < 1.29 is 0 Å². The summed E-state index contributed by atoms with van der Waals surface area (Å²) < 4.78 is 0. The van der Waals surface area contributed by atoms with Crippen LogP contribution >= 0.6 is 0 Å². The molecule has 0 amide bonds. The Kier molecular flexibility index (Phi) is 3.77. The highest BCUT2D eigenvalue weighted by atomic mass is 14.6. The summed E-state index contributed by atoms with van der Waals surface area (Å²) in [7, 11) is 0. The van der Waals surface area contributed by atoms with Crippen LogP contribution in [0, 0.1) is 0 Å². The minimum Gasteiger partial charge on any atom is -0.327 e. The summed E-state index contributed by atoms with van der Waals surface area (Å²) in [5.41, 5.74) is 13.1. The topological polar surface area (TPSA) is 52.0 Å². The van der Waals surface area contributed by atoms with Gasteiger partial charge in [0.1, 0.15) is 0 Å². The van der Waals surface area contributed by atoms with Gasteiger partial charge in [0.05, 0.1) is 0 Å². The summed E-state index contributed by atoms with van der Waals surface area (Å²) in [4.78, 5) is 0. The molecule has 2 heteroatoms. The summed E-state index contributed by atoms with van der Waals surface area (Å²) in [5.74, 6) is 0. The molecule has 4 N–H and O–H groups in total. The lowest BCUT2D eigenvalue weighted by atomic mass is 9.92. The van der Waals surface area contributed by atoms with E-state index in [0.717, 1.165) is 5.56 Å². The molecule has 0 aromatic heterocycles. The molecule has 0 saturated carbocycles. The van der Waals surface area contributed by atoms with Gasteiger partial charge in [0, 0.05) is 12.6 Å². The van der Waals surface area contributed by atoms with E-state index >= 15 is 0 Å². The van der Waals surface area contributed by atoms with Crippen molar-refractivity contribution in [2.75, 3.05) is 6.54 Å². The normalized spacial score (nSPS) is 13.2. The van der Waals surface area contributed by atoms with Crippen LogP contribution in [0.2, 0.25) is 0 Å². The second-order valence-electron chi connectivity index (χ2n) is 6.12. The minimum atomic E-state index is -0.158. The first-order valence-corrected chi connectivity index (χ1v) is 8.24. The van der Waals surface area contributed by atoms with Crippen molar-refractivity contribution in [3.63, 3.8) is 0 Å². The Bertz CT molecular complexity index is 1060. The van der Waals surface area contributed by atoms with Gasteiger partial charge in [-0.2, -0.15) is 0 Å². The van der Waals surface area contributed by atoms with E-state index in [-0.39, 0.29) is 6.04 Å². The molecule has 0 aliphatic carbocycles. The highest BCUT2D eigenvalue weighted by Crippen LogP contribution is 2.33. The molecule has 0 saturated heterocycles. The molecule has 118 valence electrons. The Labute approximate surface area is 141 Å². The van der Waals surface area contributed by atoms with Gasteiger partial charge >= 0.3 is 0 Å². The molecule has 0 radical (unpaired) electrons. The first-order valence-electron chi connectivity index (χ1n) is 8.24. The fraction of sp³-hybridized carbons (Fsp3) is 0.0909. The molecule has 0 aliphatic heterocycles. The van der Waals surface area contributed by atoms with Gasteiger partial charge in [-0.05, 0) is 50.0 Å². The fourth-order valence-corrected chi connectivity index (χ4v) is 3.44. The Morgan fingerprint density at radius 1 is 0.792 bits per heavy atom. The molecule has 0 fully saturated rings. The van der Waals surface area contributed by atoms with Crippen molar-refractivity contribution in [1.29, 1.82) is 0 Å². The third-order valence-electron chi connectivity index (χ3n) is 4.60. The number of fused-ring (bicyclic) bond motifs is 4. The number of hydrogen-bond acceptors (Lipinski definition) is 2. The predicted octanol–water partition coefficient (Wildman–Crippen LogP) is 4.66. The van der Waals surface area contributed by atoms with Gasteiger partial charge in [-0.3, -0.25) is 0 Å². The summed E-state index contributed by atoms with van der Waals surface area (Å²) in [5, 5.41) is 7.44. The van der Waals surface area contributed by atoms with Crippen LogP contribution in [0.3, 0.4) is 0 Å². The minimum absolute atomic E-state index is 0.158. The summed E-state index contributed by atoms with van der Waals surface area (Å²) in [6.45, 7) is 0.504. The van der Waals surface area contributed by atoms with E-state index in [1.165, 1.54) is 32.3 Å². The molecular formula is C22H20N2. The average molecular weight is 312 g/mol. The number of hydrogen-bond donors (Lipinski definition) is 2. The predicted molar refractivity (Wildman–Crippen MR) is 104 cm³/mol. The zero-order chi connectivity index (χ0) is 16.5. The van der Waals surface area contributed by atoms with E-state index in [1.807, 2.05) is 12.2 Å². The Balaban J connectivity index is 2.08. The van der Waals surface area contributed by atoms with Crippen LogP contribution in [-0.2, 0) is 0 Å². The molecule has 0 heterocycles. The van der Waals surface area contributed by atoms with Crippen LogP contribution in [0.15, 0.2) is 78.9 Å². The maximum Gasteiger partial charge on any atom is 0.0488 e. The van der Waals surface area contributed by atoms with Gasteiger partial charge in [-0.15, -0.1) is 0 Å². The summed E-state index contributed by atoms with van der Waals surface area (Å²) >= 11 is 0. The van der Waals surface area contributed by atoms with Crippen molar-refractivity contribution in [2.24, 2.45) is 11.5 Å². The van der Waals surface area contributed by atoms with Gasteiger partial charge in [-0.25, -0.2) is 0 Å². The van der Waals surface area contributed by atoms with Gasteiger partial charge in [0.15, 0.2) is 0 Å². The highest BCUT2D eigenvalue weighted by Gasteiger charge is 2.10. The molecule has 0 aliphatic rings. The zero-order valence-corrected chi connectivity index (χ0v) is 13.4. The van der Waals surface area contributed by atoms with Crippen molar-refractivity contribution in [1.82, 2.24) is 0 Å². The monoisotopic (exact) mass is 312 g/mol. The standard InChI is InChI=1S/C22H20N2/c23-12-4-9-21(24)19-8-3-7-15-10-11-18-13-16-5-1-2-6-17(16)14-20(18)22(15)19/h1-11,13-14,21H,12,23-24H2. The second kappa shape index (κ2) is 6.08. The molecule has 0 bridgehead atoms. The van der Waals surface area contributed by atoms with Gasteiger partial charge in [-0.1, -0.05) is 66.7 Å². The number of rotatable bonds is 3. The number of benzene rings is 4. The quantitative estimate of drug-likeness (QED) is 0.328. The lowest BCUT2D eigenvalue weighted by Crippen LogP contribution is -2.08. The van der Waals surface area contributed by atoms with Crippen LogP contribution in [0.5, 0.6) is 0 Å². The zero-order valence-electron chi connectivity index (χ0n) is 13.4. The third-order valence-corrected chi connectivity index (χ3v) is 4.60. The smallest absolute Gasteiger partial charge is 0.0488 e. The van der Waals surface area contributed by atoms with Gasteiger partial charge < -0.3 is 11.5 Å². The van der Waals surface area contributed by atoms with E-state index in [4.69, 9.17) is 11.5 Å². The van der Waals surface area contributed by atoms with Crippen molar-refractivity contribution in [3.05, 3.63) is 84.4 Å². The first kappa shape index (κ1) is 14.9. The SMILES string of the molecule is NCC=CC(N)c1cccc2ccc3cc4ccccc4cc3c12. The van der Waals surface area contributed by atoms with Crippen LogP contribution in [0.1, 0.15) is 11.6 Å². The largest absolute Gasteiger partial charge is 0.327 e. The maximum absolute atomic E-state index is 6.41. The van der Waals surface area contributed by atoms with Crippen LogP contribution in [0.4, 0.5) is 0 Å². The maximum atomic E-state index is 6.41. The molecule has 1 atom stereocenters. The molecule has 4 aromatic carbocycles. The van der Waals surface area contributed by atoms with Crippen LogP contribution in [0.25, 0.3) is 32.3 Å². The fourth-order valence-electron chi connectivity index (χ4n) is 3.44. The van der Waals surface area contributed by atoms with E-state index in [0.29, 0.717) is 6.54 Å². The van der Waals surface area contributed by atoms with Gasteiger partial charge in [0.25, 0.3) is 0 Å². The summed E-state index contributed by atoms with van der Waals surface area (Å²) in [6.07, 6.45) is 3.90. The van der Waals surface area contributed by atoms with Crippen molar-refractivity contribution in [3.8, 4) is 0 Å². The van der Waals surface area contributed by atoms with E-state index in [2.05, 4.69) is 66.7 Å². The van der Waals surface area contributed by atoms with Crippen molar-refractivity contribution >= 4 is 32.3 Å². The van der Waals surface area contributed by atoms with Gasteiger partial charge in [0.2, 0.25) is 0 Å². The first-order chi connectivity index (χ1) is 11.8. The van der Waals surface area contributed by atoms with E-state index in [1.54, 1.807) is 0 Å². The Morgan fingerprint density at radius 3 is 2.29 bits per heavy atom. The molecule has 4 aromatic rings. The lowest BCUT2D eigenvalue weighted by Gasteiger charge is -2.14. The van der Waals surface area contributed by atoms with Crippen molar-refractivity contribution in [2.45, 2.75) is 6.04 Å². The summed E-state index contributed by atoms with van der Waals surface area (Å²) in [6, 6.07) is 23.5.